The molecule has 0 N–H and O–H groups in total. The first-order chi connectivity index (χ1) is 5.74. The van der Waals surface area contributed by atoms with Gasteiger partial charge in [-0.3, -0.25) is 4.79 Å². The van der Waals surface area contributed by atoms with Crippen LogP contribution in [0.2, 0.25) is 0 Å². The number of hydrogen-bond donors (Lipinski definition) is 0. The van der Waals surface area contributed by atoms with Crippen LogP contribution in [0.15, 0.2) is 24.3 Å². The molecule has 0 bridgehead atoms. The third-order valence-corrected chi connectivity index (χ3v) is 2.63. The molecule has 0 fully saturated rings. The summed E-state index contributed by atoms with van der Waals surface area (Å²) < 4.78 is 0. The van der Waals surface area contributed by atoms with Crippen LogP contribution in [-0.2, 0) is 11.2 Å². The Bertz CT molecular complexity index is 281. The topological polar surface area (TPSA) is 17.1 Å². The van der Waals surface area contributed by atoms with Crippen LogP contribution in [0.5, 0.6) is 0 Å². The summed E-state index contributed by atoms with van der Waals surface area (Å²) in [5.41, 5.74) is 2.71. The maximum atomic E-state index is 11.1. The molecule has 0 saturated carbocycles. The molecule has 1 unspecified atom stereocenters. The summed E-state index contributed by atoms with van der Waals surface area (Å²) in [4.78, 5) is 11.1. The van der Waals surface area contributed by atoms with Gasteiger partial charge in [0.25, 0.3) is 0 Å². The fourth-order valence-corrected chi connectivity index (χ4v) is 1.44. The second kappa shape index (κ2) is 4.37. The van der Waals surface area contributed by atoms with Gasteiger partial charge < -0.3 is 0 Å². The minimum absolute atomic E-state index is 0.337. The Kier molecular flexibility index (Phi) is 3.43. The van der Waals surface area contributed by atoms with Crippen molar-refractivity contribution >= 4 is 14.1 Å². The van der Waals surface area contributed by atoms with Crippen LogP contribution >= 0.6 is 8.58 Å². The molecular weight excluding hydrogens is 167 g/mol. The summed E-state index contributed by atoms with van der Waals surface area (Å²) >= 11 is 0. The van der Waals surface area contributed by atoms with Gasteiger partial charge in [-0.25, -0.2) is 0 Å². The Morgan fingerprint density at radius 3 is 2.67 bits per heavy atom. The van der Waals surface area contributed by atoms with Gasteiger partial charge in [-0.15, -0.1) is 0 Å². The van der Waals surface area contributed by atoms with E-state index in [9.17, 15) is 4.79 Å². The molecule has 0 saturated heterocycles. The van der Waals surface area contributed by atoms with Crippen molar-refractivity contribution in [1.82, 2.24) is 0 Å². The van der Waals surface area contributed by atoms with Crippen LogP contribution in [0.4, 0.5) is 0 Å². The largest absolute Gasteiger partial charge is 0.295 e. The van der Waals surface area contributed by atoms with Gasteiger partial charge >= 0.3 is 0 Å². The van der Waals surface area contributed by atoms with Gasteiger partial charge in [-0.1, -0.05) is 32.8 Å². The average Bonchev–Trinajstić information content (AvgIpc) is 2.09. The van der Waals surface area contributed by atoms with E-state index >= 15 is 0 Å². The van der Waals surface area contributed by atoms with Gasteiger partial charge in [0, 0.05) is 6.42 Å². The second-order valence-corrected chi connectivity index (χ2v) is 3.83. The summed E-state index contributed by atoms with van der Waals surface area (Å²) in [6, 6.07) is 8.04. The zero-order valence-corrected chi connectivity index (χ0v) is 8.42. The van der Waals surface area contributed by atoms with Crippen LogP contribution in [0.25, 0.3) is 0 Å². The zero-order valence-electron chi connectivity index (χ0n) is 7.42. The van der Waals surface area contributed by atoms with Crippen LogP contribution in [0.3, 0.4) is 0 Å². The normalized spacial score (nSPS) is 10.8. The Morgan fingerprint density at radius 2 is 2.08 bits per heavy atom. The average molecular weight is 180 g/mol. The van der Waals surface area contributed by atoms with Crippen molar-refractivity contribution in [2.45, 2.75) is 13.3 Å². The molecule has 2 heteroatoms. The predicted octanol–water partition coefficient (Wildman–Crippen LogP) is 2.37. The number of carbonyl (C=O) groups excluding carboxylic acids is 1. The highest BCUT2D eigenvalue weighted by Crippen LogP contribution is 2.13. The van der Waals surface area contributed by atoms with E-state index < -0.39 is 0 Å². The smallest absolute Gasteiger partial charge is 0.155 e. The van der Waals surface area contributed by atoms with Crippen LogP contribution in [0.1, 0.15) is 11.1 Å². The number of benzene rings is 1. The number of hydrogen-bond acceptors (Lipinski definition) is 1. The van der Waals surface area contributed by atoms with E-state index in [0.29, 0.717) is 20.5 Å². The highest BCUT2D eigenvalue weighted by atomic mass is 31.1. The minimum atomic E-state index is 0.337. The van der Waals surface area contributed by atoms with E-state index in [4.69, 9.17) is 0 Å². The van der Waals surface area contributed by atoms with Crippen molar-refractivity contribution in [3.63, 3.8) is 0 Å². The molecule has 0 heterocycles. The van der Waals surface area contributed by atoms with E-state index in [1.54, 1.807) is 0 Å². The lowest BCUT2D eigenvalue weighted by molar-refractivity contribution is -0.110. The van der Waals surface area contributed by atoms with E-state index in [0.717, 1.165) is 5.56 Å². The maximum absolute atomic E-state index is 11.1. The van der Waals surface area contributed by atoms with Crippen LogP contribution in [0, 0.1) is 6.92 Å². The molecule has 0 aliphatic rings. The first-order valence-electron chi connectivity index (χ1n) is 3.99. The first-order valence-corrected chi connectivity index (χ1v) is 5.49. The van der Waals surface area contributed by atoms with Gasteiger partial charge in [0.2, 0.25) is 0 Å². The number of carbonyl (C=O) groups is 1. The zero-order chi connectivity index (χ0) is 8.97. The third kappa shape index (κ3) is 2.42. The van der Waals surface area contributed by atoms with Gasteiger partial charge in [0.05, 0.1) is 0 Å². The van der Waals surface area contributed by atoms with Gasteiger partial charge in [-0.05, 0) is 24.7 Å². The van der Waals surface area contributed by atoms with E-state index in [1.807, 2.05) is 37.9 Å². The molecule has 1 rings (SSSR count). The number of rotatable bonds is 3. The molecule has 0 aliphatic heterocycles. The van der Waals surface area contributed by atoms with E-state index in [1.165, 1.54) is 5.56 Å². The molecule has 0 spiro atoms. The predicted molar refractivity (Wildman–Crippen MR) is 54.1 cm³/mol. The minimum Gasteiger partial charge on any atom is -0.295 e. The lowest BCUT2D eigenvalue weighted by Gasteiger charge is -2.02. The molecule has 0 aromatic heterocycles. The van der Waals surface area contributed by atoms with Crippen molar-refractivity contribution in [1.29, 1.82) is 0 Å². The Labute approximate surface area is 75.0 Å². The summed E-state index contributed by atoms with van der Waals surface area (Å²) in [6.07, 6.45) is 0.599. The van der Waals surface area contributed by atoms with E-state index in [-0.39, 0.29) is 0 Å². The second-order valence-electron chi connectivity index (χ2n) is 2.78. The fourth-order valence-electron chi connectivity index (χ4n) is 1.07. The lowest BCUT2D eigenvalue weighted by atomic mass is 10.1. The molecule has 1 aromatic rings. The molecule has 1 aromatic carbocycles. The van der Waals surface area contributed by atoms with Crippen LogP contribution in [-0.4, -0.2) is 12.2 Å². The van der Waals surface area contributed by atoms with Crippen molar-refractivity contribution in [2.75, 3.05) is 6.66 Å². The molecule has 64 valence electrons. The maximum Gasteiger partial charge on any atom is 0.155 e. The summed E-state index contributed by atoms with van der Waals surface area (Å²) in [6.45, 7) is 3.97. The Morgan fingerprint density at radius 1 is 1.42 bits per heavy atom. The molecule has 0 radical (unpaired) electrons. The molecule has 0 aliphatic carbocycles. The Balaban J connectivity index is 2.75. The summed E-state index contributed by atoms with van der Waals surface area (Å²) in [5.74, 6) is 0. The Hall–Kier alpha value is -0.680. The van der Waals surface area contributed by atoms with Crippen molar-refractivity contribution in [3.05, 3.63) is 35.4 Å². The molecule has 1 nitrogen and oxygen atoms in total. The summed E-state index contributed by atoms with van der Waals surface area (Å²) in [5, 5.41) is 0. The molecule has 0 amide bonds. The van der Waals surface area contributed by atoms with Crippen molar-refractivity contribution < 1.29 is 4.79 Å². The molecule has 12 heavy (non-hydrogen) atoms. The SMILES string of the molecule is CPC(=O)Cc1ccccc1C. The van der Waals surface area contributed by atoms with Gasteiger partial charge in [-0.2, -0.15) is 0 Å². The van der Waals surface area contributed by atoms with Gasteiger partial charge in [0.15, 0.2) is 5.52 Å². The van der Waals surface area contributed by atoms with Crippen molar-refractivity contribution in [3.8, 4) is 0 Å². The van der Waals surface area contributed by atoms with E-state index in [2.05, 4.69) is 0 Å². The monoisotopic (exact) mass is 180 g/mol. The van der Waals surface area contributed by atoms with Crippen molar-refractivity contribution in [2.24, 2.45) is 0 Å². The standard InChI is InChI=1S/C10H13OP/c1-8-5-3-4-6-9(8)7-10(11)12-2/h3-6,12H,7H2,1-2H3. The molecule has 1 atom stereocenters. The number of aryl methyl sites for hydroxylation is 1. The highest BCUT2D eigenvalue weighted by molar-refractivity contribution is 7.57. The fraction of sp³-hybridized carbons (Fsp3) is 0.300. The molecular formula is C10H13OP. The summed E-state index contributed by atoms with van der Waals surface area (Å²) in [7, 11) is 0.415. The quantitative estimate of drug-likeness (QED) is 0.652. The van der Waals surface area contributed by atoms with Crippen LogP contribution < -0.4 is 0 Å². The highest BCUT2D eigenvalue weighted by Gasteiger charge is 2.02. The third-order valence-electron chi connectivity index (χ3n) is 1.89. The van der Waals surface area contributed by atoms with Gasteiger partial charge in [0.1, 0.15) is 0 Å². The first kappa shape index (κ1) is 9.41. The lowest BCUT2D eigenvalue weighted by Crippen LogP contribution is -1.96.